The largest absolute Gasteiger partial charge is 0.609 e. The van der Waals surface area contributed by atoms with Crippen LogP contribution >= 0.6 is 0 Å². The molecule has 1 aliphatic carbocycles. The first-order chi connectivity index (χ1) is 13.9. The fraction of sp³-hybridized carbons (Fsp3) is 0.421. The molecule has 0 amide bonds. The molecule has 0 aliphatic heterocycles. The molecule has 4 rings (SSSR count). The zero-order valence-corrected chi connectivity index (χ0v) is 16.5. The molecule has 10 heteroatoms. The molecule has 1 fully saturated rings. The maximum absolute atomic E-state index is 13.7. The second kappa shape index (κ2) is 8.21. The number of aliphatic hydroxyl groups is 1. The summed E-state index contributed by atoms with van der Waals surface area (Å²) in [5.74, 6) is -0.213. The first kappa shape index (κ1) is 20.0. The molecule has 1 unspecified atom stereocenters. The number of aromatic nitrogens is 4. The van der Waals surface area contributed by atoms with E-state index in [9.17, 15) is 18.4 Å². The average Bonchev–Trinajstić information content (AvgIpc) is 3.07. The van der Waals surface area contributed by atoms with Crippen LogP contribution < -0.4 is 4.74 Å². The molecule has 1 saturated carbocycles. The molecule has 1 aromatic carbocycles. The highest BCUT2D eigenvalue weighted by atomic mass is 32.2. The Bertz CT molecular complexity index is 1010. The van der Waals surface area contributed by atoms with Crippen molar-refractivity contribution in [3.05, 3.63) is 36.2 Å². The number of aliphatic hydroxyl groups excluding tert-OH is 1. The van der Waals surface area contributed by atoms with Crippen LogP contribution in [-0.2, 0) is 11.2 Å². The van der Waals surface area contributed by atoms with Crippen molar-refractivity contribution in [1.82, 2.24) is 19.5 Å². The summed E-state index contributed by atoms with van der Waals surface area (Å²) in [6, 6.07) is 8.17. The van der Waals surface area contributed by atoms with Gasteiger partial charge in [0.25, 0.3) is 6.43 Å². The number of hydrogen-bond donors (Lipinski definition) is 1. The van der Waals surface area contributed by atoms with E-state index < -0.39 is 29.5 Å². The second-order valence-electron chi connectivity index (χ2n) is 6.96. The lowest BCUT2D eigenvalue weighted by molar-refractivity contribution is 0.0509. The Morgan fingerprint density at radius 2 is 2.03 bits per heavy atom. The molecular formula is C19H20F2N4O3S. The van der Waals surface area contributed by atoms with Crippen molar-refractivity contribution in [2.45, 2.75) is 49.5 Å². The molecule has 0 radical (unpaired) electrons. The van der Waals surface area contributed by atoms with E-state index in [2.05, 4.69) is 15.0 Å². The third-order valence-electron chi connectivity index (χ3n) is 4.82. The van der Waals surface area contributed by atoms with Gasteiger partial charge in [0.1, 0.15) is 12.4 Å². The van der Waals surface area contributed by atoms with Gasteiger partial charge in [-0.3, -0.25) is 4.57 Å². The highest BCUT2D eigenvalue weighted by Gasteiger charge is 2.26. The summed E-state index contributed by atoms with van der Waals surface area (Å²) < 4.78 is 46.6. The van der Waals surface area contributed by atoms with Crippen molar-refractivity contribution in [3.63, 3.8) is 0 Å². The van der Waals surface area contributed by atoms with Crippen LogP contribution in [0, 0.1) is 0 Å². The van der Waals surface area contributed by atoms with Crippen molar-refractivity contribution in [2.75, 3.05) is 6.26 Å². The van der Waals surface area contributed by atoms with Crippen LogP contribution in [0.15, 0.2) is 35.5 Å². The lowest BCUT2D eigenvalue weighted by atomic mass is 9.95. The summed E-state index contributed by atoms with van der Waals surface area (Å²) in [6.07, 6.45) is 0.623. The number of benzene rings is 1. The maximum atomic E-state index is 13.7. The molecule has 2 heterocycles. The highest BCUT2D eigenvalue weighted by molar-refractivity contribution is 7.90. The van der Waals surface area contributed by atoms with Gasteiger partial charge in [0.2, 0.25) is 5.88 Å². The molecule has 2 aromatic heterocycles. The lowest BCUT2D eigenvalue weighted by Gasteiger charge is -2.26. The van der Waals surface area contributed by atoms with Gasteiger partial charge in [0.15, 0.2) is 11.6 Å². The molecule has 3 aromatic rings. The van der Waals surface area contributed by atoms with E-state index in [0.29, 0.717) is 17.5 Å². The quantitative estimate of drug-likeness (QED) is 0.501. The zero-order chi connectivity index (χ0) is 20.5. The third kappa shape index (κ3) is 4.19. The van der Waals surface area contributed by atoms with Gasteiger partial charge in [0.05, 0.1) is 17.1 Å². The van der Waals surface area contributed by atoms with E-state index in [1.807, 2.05) is 0 Å². The molecule has 1 N–H and O–H groups in total. The van der Waals surface area contributed by atoms with E-state index in [4.69, 9.17) is 4.74 Å². The van der Waals surface area contributed by atoms with E-state index >= 15 is 0 Å². The third-order valence-corrected chi connectivity index (χ3v) is 5.52. The van der Waals surface area contributed by atoms with E-state index in [1.54, 1.807) is 24.3 Å². The van der Waals surface area contributed by atoms with E-state index in [-0.39, 0.29) is 23.0 Å². The zero-order valence-electron chi connectivity index (χ0n) is 15.7. The van der Waals surface area contributed by atoms with Gasteiger partial charge < -0.3 is 14.4 Å². The number of fused-ring (bicyclic) bond motifs is 1. The first-order valence-corrected chi connectivity index (χ1v) is 10.8. The molecule has 1 aliphatic rings. The molecule has 29 heavy (non-hydrogen) atoms. The van der Waals surface area contributed by atoms with E-state index in [1.165, 1.54) is 16.9 Å². The highest BCUT2D eigenvalue weighted by Crippen LogP contribution is 2.30. The number of rotatable bonds is 5. The van der Waals surface area contributed by atoms with Crippen molar-refractivity contribution in [1.29, 1.82) is 0 Å². The van der Waals surface area contributed by atoms with Crippen LogP contribution in [0.3, 0.4) is 0 Å². The van der Waals surface area contributed by atoms with Gasteiger partial charge in [-0.2, -0.15) is 4.98 Å². The number of ether oxygens (including phenoxy) is 1. The normalized spacial score (nSPS) is 20.9. The SMILES string of the molecule is C[S+]([O-])c1nc(O[C@H]2CCC[C@H](O)C2)cc(-n2c(C(F)F)nc3ccccc32)n1. The molecule has 7 nitrogen and oxygen atoms in total. The standard InChI is InChI=1S/C19H20F2N4O3S/c1-29(27)19-23-15(10-16(24-19)28-12-6-4-5-11(26)9-12)25-14-8-3-2-7-13(14)22-18(25)17(20)21/h2-3,7-8,10-12,17,26H,4-6,9H2,1H3/t11-,12-,29?/m0/s1. The van der Waals surface area contributed by atoms with Crippen LogP contribution in [0.25, 0.3) is 16.9 Å². The van der Waals surface area contributed by atoms with Gasteiger partial charge in [-0.05, 0) is 31.4 Å². The fourth-order valence-corrected chi connectivity index (χ4v) is 3.97. The van der Waals surface area contributed by atoms with Gasteiger partial charge in [0, 0.05) is 23.7 Å². The summed E-state index contributed by atoms with van der Waals surface area (Å²) in [4.78, 5) is 12.4. The monoisotopic (exact) mass is 422 g/mol. The van der Waals surface area contributed by atoms with Gasteiger partial charge >= 0.3 is 5.16 Å². The average molecular weight is 422 g/mol. The summed E-state index contributed by atoms with van der Waals surface area (Å²) in [5, 5.41) is 9.84. The topological polar surface area (TPSA) is 96.1 Å². The van der Waals surface area contributed by atoms with Crippen LogP contribution in [0.4, 0.5) is 8.78 Å². The van der Waals surface area contributed by atoms with Crippen molar-refractivity contribution < 1.29 is 23.2 Å². The molecular weight excluding hydrogens is 402 g/mol. The Hall–Kier alpha value is -2.30. The Morgan fingerprint density at radius 3 is 2.76 bits per heavy atom. The van der Waals surface area contributed by atoms with Gasteiger partial charge in [-0.15, -0.1) is 4.98 Å². The Morgan fingerprint density at radius 1 is 1.24 bits per heavy atom. The Balaban J connectivity index is 1.80. The smallest absolute Gasteiger partial charge is 0.347 e. The minimum absolute atomic E-state index is 0.0214. The van der Waals surface area contributed by atoms with Gasteiger partial charge in [-0.25, -0.2) is 13.8 Å². The van der Waals surface area contributed by atoms with Crippen LogP contribution in [0.2, 0.25) is 0 Å². The second-order valence-corrected chi connectivity index (χ2v) is 8.23. The summed E-state index contributed by atoms with van der Waals surface area (Å²) >= 11 is -1.55. The molecule has 0 spiro atoms. The number of para-hydroxylation sites is 2. The van der Waals surface area contributed by atoms with Crippen molar-refractivity contribution in [2.24, 2.45) is 0 Å². The van der Waals surface area contributed by atoms with Crippen LogP contribution in [-0.4, -0.2) is 47.6 Å². The van der Waals surface area contributed by atoms with Crippen molar-refractivity contribution >= 4 is 22.2 Å². The van der Waals surface area contributed by atoms with Crippen LogP contribution in [0.1, 0.15) is 37.9 Å². The van der Waals surface area contributed by atoms with E-state index in [0.717, 1.165) is 19.3 Å². The predicted molar refractivity (Wildman–Crippen MR) is 103 cm³/mol. The predicted octanol–water partition coefficient (Wildman–Crippen LogP) is 3.17. The number of hydrogen-bond acceptors (Lipinski definition) is 6. The number of alkyl halides is 2. The first-order valence-electron chi connectivity index (χ1n) is 9.25. The fourth-order valence-electron chi connectivity index (χ4n) is 3.53. The summed E-state index contributed by atoms with van der Waals surface area (Å²) in [5.41, 5.74) is 0.854. The number of halogens is 2. The Kier molecular flexibility index (Phi) is 5.66. The molecule has 0 saturated heterocycles. The molecule has 3 atom stereocenters. The van der Waals surface area contributed by atoms with Crippen LogP contribution in [0.5, 0.6) is 5.88 Å². The summed E-state index contributed by atoms with van der Waals surface area (Å²) in [7, 11) is 0. The minimum atomic E-state index is -2.83. The lowest BCUT2D eigenvalue weighted by Crippen LogP contribution is -2.28. The van der Waals surface area contributed by atoms with Crippen molar-refractivity contribution in [3.8, 4) is 11.7 Å². The molecule has 0 bridgehead atoms. The number of imidazole rings is 1. The van der Waals surface area contributed by atoms with Gasteiger partial charge in [-0.1, -0.05) is 12.1 Å². The molecule has 154 valence electrons. The maximum Gasteiger partial charge on any atom is 0.347 e. The Labute approximate surface area is 168 Å². The number of nitrogens with zero attached hydrogens (tertiary/aromatic N) is 4. The summed E-state index contributed by atoms with van der Waals surface area (Å²) in [6.45, 7) is 0. The minimum Gasteiger partial charge on any atom is -0.609 e.